The lowest BCUT2D eigenvalue weighted by Crippen LogP contribution is -2.31. The third-order valence-corrected chi connectivity index (χ3v) is 5.58. The number of H-pyrrole nitrogens is 1. The molecule has 1 aromatic carbocycles. The molecular formula is C21H20F2N2O5. The Hall–Kier alpha value is -3.36. The Morgan fingerprint density at radius 3 is 2.63 bits per heavy atom. The second-order valence-electron chi connectivity index (χ2n) is 8.40. The molecule has 0 radical (unpaired) electrons. The van der Waals surface area contributed by atoms with Gasteiger partial charge in [0.05, 0.1) is 16.9 Å². The smallest absolute Gasteiger partial charge is 0.387 e. The lowest BCUT2D eigenvalue weighted by molar-refractivity contribution is -0.0488. The summed E-state index contributed by atoms with van der Waals surface area (Å²) in [5.74, 6) is -2.46. The number of aromatic carboxylic acids is 1. The van der Waals surface area contributed by atoms with E-state index in [-0.39, 0.29) is 17.4 Å². The van der Waals surface area contributed by atoms with E-state index in [1.165, 1.54) is 6.07 Å². The van der Waals surface area contributed by atoms with Crippen molar-refractivity contribution in [1.29, 1.82) is 0 Å². The number of hydrogen-bond acceptors (Lipinski definition) is 4. The minimum Gasteiger partial charge on any atom is -0.506 e. The fourth-order valence-electron chi connectivity index (χ4n) is 4.18. The first-order valence-corrected chi connectivity index (χ1v) is 9.30. The van der Waals surface area contributed by atoms with E-state index in [0.717, 1.165) is 0 Å². The maximum atomic E-state index is 12.8. The number of aromatic hydroxyl groups is 1. The molecule has 3 heterocycles. The monoisotopic (exact) mass is 418 g/mol. The van der Waals surface area contributed by atoms with Gasteiger partial charge in [0.1, 0.15) is 11.5 Å². The van der Waals surface area contributed by atoms with Gasteiger partial charge in [-0.1, -0.05) is 26.8 Å². The number of carboxylic acid groups (broad SMARTS) is 1. The zero-order chi connectivity index (χ0) is 22.0. The highest BCUT2D eigenvalue weighted by atomic mass is 19.3. The van der Waals surface area contributed by atoms with Gasteiger partial charge in [-0.25, -0.2) is 4.79 Å². The number of nitrogens with zero attached hydrogens (tertiary/aromatic N) is 1. The summed E-state index contributed by atoms with van der Waals surface area (Å²) in [6.45, 7) is 3.17. The van der Waals surface area contributed by atoms with E-state index in [0.29, 0.717) is 28.7 Å². The molecule has 9 heteroatoms. The van der Waals surface area contributed by atoms with Crippen LogP contribution >= 0.6 is 0 Å². The summed E-state index contributed by atoms with van der Waals surface area (Å²) in [5.41, 5.74) is -0.352. The van der Waals surface area contributed by atoms with Crippen molar-refractivity contribution >= 4 is 16.9 Å². The van der Waals surface area contributed by atoms with Gasteiger partial charge in [-0.2, -0.15) is 8.78 Å². The predicted molar refractivity (Wildman–Crippen MR) is 105 cm³/mol. The van der Waals surface area contributed by atoms with Crippen molar-refractivity contribution in [2.24, 2.45) is 5.41 Å². The molecule has 3 aromatic rings. The van der Waals surface area contributed by atoms with Crippen molar-refractivity contribution < 1.29 is 28.5 Å². The zero-order valence-corrected chi connectivity index (χ0v) is 16.5. The van der Waals surface area contributed by atoms with E-state index in [2.05, 4.69) is 9.72 Å². The summed E-state index contributed by atoms with van der Waals surface area (Å²) in [5, 5.41) is 20.6. The maximum Gasteiger partial charge on any atom is 0.387 e. The van der Waals surface area contributed by atoms with Crippen LogP contribution in [0.4, 0.5) is 8.78 Å². The molecule has 3 N–H and O–H groups in total. The van der Waals surface area contributed by atoms with Crippen LogP contribution in [0.2, 0.25) is 0 Å². The van der Waals surface area contributed by atoms with Crippen LogP contribution < -0.4 is 10.3 Å². The molecule has 2 aromatic heterocycles. The van der Waals surface area contributed by atoms with Crippen molar-refractivity contribution in [3.8, 4) is 22.9 Å². The van der Waals surface area contributed by atoms with Gasteiger partial charge < -0.3 is 24.5 Å². The third-order valence-electron chi connectivity index (χ3n) is 5.58. The van der Waals surface area contributed by atoms with E-state index >= 15 is 0 Å². The number of fused-ring (bicyclic) bond motifs is 5. The topological polar surface area (TPSA) is 105 Å². The second kappa shape index (κ2) is 6.58. The molecule has 0 bridgehead atoms. The zero-order valence-electron chi connectivity index (χ0n) is 16.5. The molecule has 0 unspecified atom stereocenters. The lowest BCUT2D eigenvalue weighted by Gasteiger charge is -2.37. The van der Waals surface area contributed by atoms with Gasteiger partial charge in [-0.3, -0.25) is 4.79 Å². The van der Waals surface area contributed by atoms with Crippen LogP contribution in [-0.2, 0) is 6.54 Å². The fourth-order valence-corrected chi connectivity index (χ4v) is 4.18. The first-order chi connectivity index (χ1) is 14.0. The van der Waals surface area contributed by atoms with E-state index in [9.17, 15) is 28.6 Å². The summed E-state index contributed by atoms with van der Waals surface area (Å²) in [6, 6.07) is 6.38. The SMILES string of the molecule is CC(C)(C)[C@H]1Cn2c(cc3c(OC(F)F)cccc32)-c2[nH]c(=O)c(C(=O)O)c(O)c21. The molecule has 4 rings (SSSR count). The number of benzene rings is 1. The van der Waals surface area contributed by atoms with Crippen molar-refractivity contribution in [2.45, 2.75) is 39.8 Å². The molecule has 0 fully saturated rings. The highest BCUT2D eigenvalue weighted by Gasteiger charge is 2.39. The average molecular weight is 418 g/mol. The Bertz CT molecular complexity index is 1240. The number of carboxylic acids is 1. The number of hydrogen-bond donors (Lipinski definition) is 3. The Kier molecular flexibility index (Phi) is 4.37. The molecule has 0 amide bonds. The highest BCUT2D eigenvalue weighted by molar-refractivity contribution is 5.95. The highest BCUT2D eigenvalue weighted by Crippen LogP contribution is 2.50. The molecule has 1 aliphatic rings. The van der Waals surface area contributed by atoms with E-state index in [1.54, 1.807) is 18.2 Å². The number of pyridine rings is 1. The van der Waals surface area contributed by atoms with E-state index in [1.807, 2.05) is 25.3 Å². The third kappa shape index (κ3) is 2.92. The lowest BCUT2D eigenvalue weighted by atomic mass is 9.73. The summed E-state index contributed by atoms with van der Waals surface area (Å²) in [6.07, 6.45) is 0. The summed E-state index contributed by atoms with van der Waals surface area (Å²) >= 11 is 0. The number of halogens is 2. The van der Waals surface area contributed by atoms with Crippen LogP contribution in [0.15, 0.2) is 29.1 Å². The Balaban J connectivity index is 2.08. The van der Waals surface area contributed by atoms with Crippen LogP contribution in [-0.4, -0.2) is 32.3 Å². The predicted octanol–water partition coefficient (Wildman–Crippen LogP) is 4.15. The molecule has 0 saturated heterocycles. The molecule has 158 valence electrons. The number of alkyl halides is 2. The summed E-state index contributed by atoms with van der Waals surface area (Å²) < 4.78 is 32.2. The van der Waals surface area contributed by atoms with Gasteiger partial charge in [0.2, 0.25) is 0 Å². The number of nitrogens with one attached hydrogen (secondary N) is 1. The summed E-state index contributed by atoms with van der Waals surface area (Å²) in [4.78, 5) is 26.6. The number of aromatic amines is 1. The quantitative estimate of drug-likeness (QED) is 0.593. The fraction of sp³-hybridized carbons (Fsp3) is 0.333. The summed E-state index contributed by atoms with van der Waals surface area (Å²) in [7, 11) is 0. The molecule has 1 aliphatic heterocycles. The van der Waals surface area contributed by atoms with E-state index in [4.69, 9.17) is 0 Å². The number of rotatable bonds is 3. The molecule has 0 saturated carbocycles. The van der Waals surface area contributed by atoms with E-state index < -0.39 is 34.9 Å². The van der Waals surface area contributed by atoms with Crippen LogP contribution in [0.1, 0.15) is 42.6 Å². The minimum absolute atomic E-state index is 0.00742. The van der Waals surface area contributed by atoms with Gasteiger partial charge in [0, 0.05) is 23.4 Å². The van der Waals surface area contributed by atoms with Crippen LogP contribution in [0.25, 0.3) is 22.3 Å². The maximum absolute atomic E-state index is 12.8. The largest absolute Gasteiger partial charge is 0.506 e. The minimum atomic E-state index is -3.00. The molecule has 0 spiro atoms. The molecular weight excluding hydrogens is 398 g/mol. The Labute approximate surface area is 169 Å². The van der Waals surface area contributed by atoms with Crippen molar-refractivity contribution in [3.05, 3.63) is 45.7 Å². The van der Waals surface area contributed by atoms with Crippen molar-refractivity contribution in [3.63, 3.8) is 0 Å². The molecule has 7 nitrogen and oxygen atoms in total. The molecule has 30 heavy (non-hydrogen) atoms. The second-order valence-corrected chi connectivity index (χ2v) is 8.40. The van der Waals surface area contributed by atoms with Gasteiger partial charge >= 0.3 is 12.6 Å². The van der Waals surface area contributed by atoms with Gasteiger partial charge in [0.15, 0.2) is 5.56 Å². The van der Waals surface area contributed by atoms with Crippen LogP contribution in [0.3, 0.4) is 0 Å². The number of carbonyl (C=O) groups is 1. The first kappa shape index (κ1) is 19.9. The van der Waals surface area contributed by atoms with Gasteiger partial charge in [-0.15, -0.1) is 0 Å². The standard InChI is InChI=1S/C21H20F2N2O5/c1-21(2,3)10-8-25-11-5-4-6-13(30-20(22)23)9(11)7-12(25)16-14(10)17(26)15(19(28)29)18(27)24-16/h4-7,10,20H,8H2,1-3H3,(H,28,29)(H2,24,26,27)/t10-/m0/s1. The molecule has 0 aliphatic carbocycles. The average Bonchev–Trinajstić information content (AvgIpc) is 2.99. The van der Waals surface area contributed by atoms with Crippen molar-refractivity contribution in [2.75, 3.05) is 0 Å². The van der Waals surface area contributed by atoms with Gasteiger partial charge in [0.25, 0.3) is 5.56 Å². The number of aromatic nitrogens is 2. The first-order valence-electron chi connectivity index (χ1n) is 9.30. The van der Waals surface area contributed by atoms with Gasteiger partial charge in [-0.05, 0) is 23.6 Å². The van der Waals surface area contributed by atoms with Crippen LogP contribution in [0, 0.1) is 5.41 Å². The normalized spacial score (nSPS) is 15.9. The number of ether oxygens (including phenoxy) is 1. The van der Waals surface area contributed by atoms with Crippen LogP contribution in [0.5, 0.6) is 11.5 Å². The Morgan fingerprint density at radius 1 is 1.33 bits per heavy atom. The molecule has 1 atom stereocenters. The Morgan fingerprint density at radius 2 is 2.03 bits per heavy atom. The van der Waals surface area contributed by atoms with Crippen molar-refractivity contribution in [1.82, 2.24) is 9.55 Å².